The lowest BCUT2D eigenvalue weighted by molar-refractivity contribution is -0.143. The zero-order chi connectivity index (χ0) is 15.7. The first kappa shape index (κ1) is 15.8. The fraction of sp³-hybridized carbons (Fsp3) is 0.588. The molecule has 0 radical (unpaired) electrons. The Balaban J connectivity index is 2.60. The van der Waals surface area contributed by atoms with Gasteiger partial charge in [-0.05, 0) is 56.4 Å². The maximum Gasteiger partial charge on any atom is 0.306 e. The molecule has 0 aromatic heterocycles. The molecule has 1 aliphatic rings. The summed E-state index contributed by atoms with van der Waals surface area (Å²) < 4.78 is 10.3. The number of carbonyl (C=O) groups excluding carboxylic acids is 1. The van der Waals surface area contributed by atoms with E-state index in [0.29, 0.717) is 6.42 Å². The van der Waals surface area contributed by atoms with Gasteiger partial charge in [0, 0.05) is 11.0 Å². The van der Waals surface area contributed by atoms with Crippen molar-refractivity contribution in [1.29, 1.82) is 0 Å². The first-order valence-electron chi connectivity index (χ1n) is 7.37. The summed E-state index contributed by atoms with van der Waals surface area (Å²) >= 11 is 0. The molecule has 2 rings (SSSR count). The Kier molecular flexibility index (Phi) is 4.28. The van der Waals surface area contributed by atoms with Crippen molar-refractivity contribution in [2.75, 3.05) is 14.2 Å². The summed E-state index contributed by atoms with van der Waals surface area (Å²) in [5.41, 5.74) is 7.95. The van der Waals surface area contributed by atoms with E-state index in [1.165, 1.54) is 12.7 Å². The Hall–Kier alpha value is -1.55. The van der Waals surface area contributed by atoms with Gasteiger partial charge < -0.3 is 15.2 Å². The summed E-state index contributed by atoms with van der Waals surface area (Å²) in [6, 6.07) is 6.09. The van der Waals surface area contributed by atoms with Crippen molar-refractivity contribution in [3.05, 3.63) is 29.3 Å². The lowest BCUT2D eigenvalue weighted by Gasteiger charge is -2.48. The van der Waals surface area contributed by atoms with Gasteiger partial charge in [0.05, 0.1) is 20.6 Å². The number of hydrogen-bond donors (Lipinski definition) is 1. The number of aryl methyl sites for hydroxylation is 1. The van der Waals surface area contributed by atoms with Crippen molar-refractivity contribution in [3.63, 3.8) is 0 Å². The second-order valence-electron chi connectivity index (χ2n) is 6.43. The minimum Gasteiger partial charge on any atom is -0.497 e. The summed E-state index contributed by atoms with van der Waals surface area (Å²) in [5, 5.41) is 0. The van der Waals surface area contributed by atoms with Gasteiger partial charge in [0.2, 0.25) is 0 Å². The van der Waals surface area contributed by atoms with E-state index >= 15 is 0 Å². The summed E-state index contributed by atoms with van der Waals surface area (Å²) in [5.74, 6) is 0.582. The molecular formula is C17H25NO3. The number of carbonyl (C=O) groups is 1. The second-order valence-corrected chi connectivity index (χ2v) is 6.43. The largest absolute Gasteiger partial charge is 0.497 e. The Morgan fingerprint density at radius 3 is 2.67 bits per heavy atom. The highest BCUT2D eigenvalue weighted by Crippen LogP contribution is 2.47. The third-order valence-electron chi connectivity index (χ3n) is 4.79. The zero-order valence-corrected chi connectivity index (χ0v) is 13.4. The predicted octanol–water partition coefficient (Wildman–Crippen LogP) is 2.57. The van der Waals surface area contributed by atoms with Gasteiger partial charge in [-0.2, -0.15) is 0 Å². The summed E-state index contributed by atoms with van der Waals surface area (Å²) in [4.78, 5) is 12.0. The van der Waals surface area contributed by atoms with Gasteiger partial charge in [0.1, 0.15) is 5.75 Å². The van der Waals surface area contributed by atoms with Gasteiger partial charge >= 0.3 is 5.97 Å². The van der Waals surface area contributed by atoms with Gasteiger partial charge in [-0.25, -0.2) is 0 Å². The van der Waals surface area contributed by atoms with Crippen LogP contribution >= 0.6 is 0 Å². The summed E-state index contributed by atoms with van der Waals surface area (Å²) in [6.07, 6.45) is 3.22. The lowest BCUT2D eigenvalue weighted by Crippen LogP contribution is -2.56. The molecule has 0 saturated heterocycles. The van der Waals surface area contributed by atoms with Crippen molar-refractivity contribution in [1.82, 2.24) is 0 Å². The molecule has 0 bridgehead atoms. The van der Waals surface area contributed by atoms with E-state index in [2.05, 4.69) is 6.07 Å². The molecule has 116 valence electrons. The minimum absolute atomic E-state index is 0.218. The molecule has 0 fully saturated rings. The molecule has 21 heavy (non-hydrogen) atoms. The van der Waals surface area contributed by atoms with Crippen LogP contribution in [-0.2, 0) is 21.4 Å². The second kappa shape index (κ2) is 5.68. The Morgan fingerprint density at radius 2 is 2.10 bits per heavy atom. The van der Waals surface area contributed by atoms with E-state index in [4.69, 9.17) is 15.2 Å². The average Bonchev–Trinajstić information content (AvgIpc) is 2.45. The van der Waals surface area contributed by atoms with Crippen LogP contribution in [0.3, 0.4) is 0 Å². The highest BCUT2D eigenvalue weighted by Gasteiger charge is 2.48. The van der Waals surface area contributed by atoms with Crippen molar-refractivity contribution in [2.45, 2.75) is 50.5 Å². The third kappa shape index (κ3) is 2.77. The van der Waals surface area contributed by atoms with E-state index in [1.807, 2.05) is 26.0 Å². The van der Waals surface area contributed by atoms with Crippen molar-refractivity contribution in [3.8, 4) is 5.75 Å². The van der Waals surface area contributed by atoms with Crippen LogP contribution in [0, 0.1) is 0 Å². The van der Waals surface area contributed by atoms with Crippen LogP contribution in [-0.4, -0.2) is 25.7 Å². The molecule has 1 aromatic rings. The highest BCUT2D eigenvalue weighted by atomic mass is 16.5. The predicted molar refractivity (Wildman–Crippen MR) is 82.5 cm³/mol. The number of hydrogen-bond acceptors (Lipinski definition) is 4. The van der Waals surface area contributed by atoms with Crippen LogP contribution in [0.15, 0.2) is 18.2 Å². The standard InChI is InChI=1S/C17H25NO3/c1-16(2,18)17(11-15(19)21-4)9-5-6-12-7-8-13(20-3)10-14(12)17/h7-8,10H,5-6,9,11,18H2,1-4H3. The molecule has 0 saturated carbocycles. The summed E-state index contributed by atoms with van der Waals surface area (Å²) in [7, 11) is 3.08. The third-order valence-corrected chi connectivity index (χ3v) is 4.79. The topological polar surface area (TPSA) is 61.5 Å². The van der Waals surface area contributed by atoms with Crippen molar-refractivity contribution >= 4 is 5.97 Å². The molecule has 0 heterocycles. The quantitative estimate of drug-likeness (QED) is 0.866. The molecular weight excluding hydrogens is 266 g/mol. The molecule has 1 atom stereocenters. The minimum atomic E-state index is -0.525. The SMILES string of the molecule is COC(=O)CC1(C(C)(C)N)CCCc2ccc(OC)cc21. The normalized spacial score (nSPS) is 21.6. The number of esters is 1. The monoisotopic (exact) mass is 291 g/mol. The van der Waals surface area contributed by atoms with E-state index in [0.717, 1.165) is 30.6 Å². The Labute approximate surface area is 126 Å². The van der Waals surface area contributed by atoms with Crippen LogP contribution in [0.2, 0.25) is 0 Å². The fourth-order valence-electron chi connectivity index (χ4n) is 3.46. The van der Waals surface area contributed by atoms with Gasteiger partial charge in [-0.3, -0.25) is 4.79 Å². The molecule has 0 spiro atoms. The van der Waals surface area contributed by atoms with Crippen LogP contribution in [0.4, 0.5) is 0 Å². The number of benzene rings is 1. The van der Waals surface area contributed by atoms with Gasteiger partial charge in [-0.15, -0.1) is 0 Å². The Bertz CT molecular complexity index is 533. The van der Waals surface area contributed by atoms with Gasteiger partial charge in [0.25, 0.3) is 0 Å². The fourth-order valence-corrected chi connectivity index (χ4v) is 3.46. The molecule has 1 aliphatic carbocycles. The van der Waals surface area contributed by atoms with Crippen molar-refractivity contribution in [2.24, 2.45) is 5.73 Å². The maximum atomic E-state index is 12.0. The average molecular weight is 291 g/mol. The molecule has 4 heteroatoms. The lowest BCUT2D eigenvalue weighted by atomic mass is 9.59. The van der Waals surface area contributed by atoms with Crippen LogP contribution in [0.5, 0.6) is 5.75 Å². The Morgan fingerprint density at radius 1 is 1.38 bits per heavy atom. The van der Waals surface area contributed by atoms with E-state index < -0.39 is 11.0 Å². The van der Waals surface area contributed by atoms with Crippen LogP contribution in [0.25, 0.3) is 0 Å². The number of nitrogens with two attached hydrogens (primary N) is 1. The number of methoxy groups -OCH3 is 2. The smallest absolute Gasteiger partial charge is 0.306 e. The molecule has 4 nitrogen and oxygen atoms in total. The van der Waals surface area contributed by atoms with E-state index in [9.17, 15) is 4.79 Å². The molecule has 0 aliphatic heterocycles. The molecule has 1 aromatic carbocycles. The van der Waals surface area contributed by atoms with Crippen LogP contribution < -0.4 is 10.5 Å². The van der Waals surface area contributed by atoms with Gasteiger partial charge in [0.15, 0.2) is 0 Å². The molecule has 2 N–H and O–H groups in total. The maximum absolute atomic E-state index is 12.0. The summed E-state index contributed by atoms with van der Waals surface area (Å²) in [6.45, 7) is 3.98. The highest BCUT2D eigenvalue weighted by molar-refractivity contribution is 5.72. The number of ether oxygens (including phenoxy) is 2. The molecule has 0 amide bonds. The van der Waals surface area contributed by atoms with Gasteiger partial charge in [-0.1, -0.05) is 6.07 Å². The first-order valence-corrected chi connectivity index (χ1v) is 7.37. The molecule has 1 unspecified atom stereocenters. The number of fused-ring (bicyclic) bond motifs is 1. The van der Waals surface area contributed by atoms with Crippen molar-refractivity contribution < 1.29 is 14.3 Å². The first-order chi connectivity index (χ1) is 9.84. The number of rotatable bonds is 4. The van der Waals surface area contributed by atoms with E-state index in [1.54, 1.807) is 7.11 Å². The van der Waals surface area contributed by atoms with E-state index in [-0.39, 0.29) is 5.97 Å². The van der Waals surface area contributed by atoms with Crippen LogP contribution in [0.1, 0.15) is 44.2 Å². The zero-order valence-electron chi connectivity index (χ0n) is 13.4.